The summed E-state index contributed by atoms with van der Waals surface area (Å²) in [5.74, 6) is 1.87. The fourth-order valence-electron chi connectivity index (χ4n) is 4.75. The highest BCUT2D eigenvalue weighted by Gasteiger charge is 2.21. The van der Waals surface area contributed by atoms with Gasteiger partial charge in [-0.1, -0.05) is 0 Å². The van der Waals surface area contributed by atoms with Gasteiger partial charge in [0.25, 0.3) is 0 Å². The van der Waals surface area contributed by atoms with Crippen LogP contribution in [-0.4, -0.2) is 56.6 Å². The first-order valence-electron chi connectivity index (χ1n) is 11.1. The number of aliphatic hydroxyl groups excluding tert-OH is 1. The molecule has 0 unspecified atom stereocenters. The van der Waals surface area contributed by atoms with Gasteiger partial charge in [-0.25, -0.2) is 9.67 Å². The van der Waals surface area contributed by atoms with Crippen LogP contribution in [0.1, 0.15) is 36.8 Å². The van der Waals surface area contributed by atoms with Crippen LogP contribution in [0.15, 0.2) is 24.5 Å². The maximum atomic E-state index is 9.77. The van der Waals surface area contributed by atoms with Crippen molar-refractivity contribution in [2.75, 3.05) is 26.0 Å². The number of nitrogens with zero attached hydrogens (tertiary/aromatic N) is 5. The molecule has 172 valence electrons. The Kier molecular flexibility index (Phi) is 6.83. The summed E-state index contributed by atoms with van der Waals surface area (Å²) in [6.07, 6.45) is 8.33. The number of aliphatic hydroxyl groups is 1. The minimum absolute atomic E-state index is 0. The van der Waals surface area contributed by atoms with Gasteiger partial charge in [-0.15, -0.1) is 12.4 Å². The zero-order valence-electron chi connectivity index (χ0n) is 18.6. The summed E-state index contributed by atoms with van der Waals surface area (Å²) < 4.78 is 7.62. The number of rotatable bonds is 5. The molecule has 9 heteroatoms. The Morgan fingerprint density at radius 3 is 2.75 bits per heavy atom. The number of hydrogen-bond acceptors (Lipinski definition) is 7. The van der Waals surface area contributed by atoms with Gasteiger partial charge in [0.1, 0.15) is 5.75 Å². The Hall–Kier alpha value is -2.42. The highest BCUT2D eigenvalue weighted by atomic mass is 35.5. The van der Waals surface area contributed by atoms with Crippen LogP contribution in [0.5, 0.6) is 5.75 Å². The predicted molar refractivity (Wildman–Crippen MR) is 127 cm³/mol. The Morgan fingerprint density at radius 2 is 1.97 bits per heavy atom. The highest BCUT2D eigenvalue weighted by molar-refractivity contribution is 5.85. The summed E-state index contributed by atoms with van der Waals surface area (Å²) in [6, 6.07) is 4.28. The predicted octanol–water partition coefficient (Wildman–Crippen LogP) is 3.54. The van der Waals surface area contributed by atoms with E-state index in [1.54, 1.807) is 7.11 Å². The van der Waals surface area contributed by atoms with Crippen LogP contribution in [0.2, 0.25) is 0 Å². The molecular weight excluding hydrogens is 428 g/mol. The van der Waals surface area contributed by atoms with E-state index < -0.39 is 0 Å². The molecule has 0 bridgehead atoms. The molecule has 32 heavy (non-hydrogen) atoms. The number of nitrogens with one attached hydrogen (secondary N) is 1. The van der Waals surface area contributed by atoms with Crippen molar-refractivity contribution >= 4 is 35.1 Å². The normalized spacial score (nSPS) is 21.1. The van der Waals surface area contributed by atoms with E-state index in [4.69, 9.17) is 9.72 Å². The van der Waals surface area contributed by atoms with Gasteiger partial charge < -0.3 is 20.1 Å². The second-order valence-electron chi connectivity index (χ2n) is 8.91. The number of likely N-dealkylation sites (N-methyl/N-ethyl adjacent to an activating group) is 1. The molecule has 2 N–H and O–H groups in total. The largest absolute Gasteiger partial charge is 0.495 e. The first-order chi connectivity index (χ1) is 15.1. The summed E-state index contributed by atoms with van der Waals surface area (Å²) in [4.78, 5) is 11.6. The van der Waals surface area contributed by atoms with E-state index in [0.29, 0.717) is 11.9 Å². The van der Waals surface area contributed by atoms with Crippen LogP contribution in [0.4, 0.5) is 11.6 Å². The Bertz CT molecular complexity index is 1080. The number of methoxy groups -OCH3 is 1. The molecule has 1 aromatic carbocycles. The van der Waals surface area contributed by atoms with Gasteiger partial charge in [0, 0.05) is 25.8 Å². The molecule has 3 heterocycles. The minimum Gasteiger partial charge on any atom is -0.495 e. The van der Waals surface area contributed by atoms with Crippen molar-refractivity contribution in [3.63, 3.8) is 0 Å². The molecule has 8 nitrogen and oxygen atoms in total. The number of benzene rings is 1. The molecule has 2 aromatic heterocycles. The molecular formula is C23H31ClN6O2. The number of hydrogen-bond donors (Lipinski definition) is 2. The van der Waals surface area contributed by atoms with Crippen molar-refractivity contribution < 1.29 is 9.84 Å². The topological polar surface area (TPSA) is 88.3 Å². The molecule has 0 atom stereocenters. The summed E-state index contributed by atoms with van der Waals surface area (Å²) in [6.45, 7) is 2.81. The van der Waals surface area contributed by atoms with E-state index >= 15 is 0 Å². The standard InChI is InChI=1S/C23H30N6O2.ClH/c1-28-8-7-16-10-21(31-2)20(9-17(16)14-28)26-23-24-11-18-12-25-29(22(18)27-23)13-15-3-5-19(30)6-4-15;/h9-12,15,19,30H,3-8,13-14H2,1-2H3,(H,24,26,27);1H. The van der Waals surface area contributed by atoms with Crippen molar-refractivity contribution in [2.45, 2.75) is 51.3 Å². The fourth-order valence-corrected chi connectivity index (χ4v) is 4.75. The van der Waals surface area contributed by atoms with Gasteiger partial charge in [0.05, 0.1) is 30.5 Å². The molecule has 2 aliphatic rings. The molecule has 1 aliphatic carbocycles. The Balaban J connectivity index is 0.00000245. The number of anilines is 2. The summed E-state index contributed by atoms with van der Waals surface area (Å²) in [7, 11) is 3.84. The van der Waals surface area contributed by atoms with Crippen LogP contribution in [0, 0.1) is 5.92 Å². The third-order valence-electron chi connectivity index (χ3n) is 6.60. The zero-order chi connectivity index (χ0) is 21.4. The third kappa shape index (κ3) is 4.67. The average molecular weight is 459 g/mol. The average Bonchev–Trinajstić information content (AvgIpc) is 3.17. The van der Waals surface area contributed by atoms with Crippen molar-refractivity contribution in [1.29, 1.82) is 0 Å². The van der Waals surface area contributed by atoms with Gasteiger partial charge in [-0.05, 0) is 68.3 Å². The van der Waals surface area contributed by atoms with Crippen LogP contribution >= 0.6 is 12.4 Å². The molecule has 1 aliphatic heterocycles. The zero-order valence-corrected chi connectivity index (χ0v) is 19.4. The van der Waals surface area contributed by atoms with Gasteiger partial charge in [-0.2, -0.15) is 10.1 Å². The lowest BCUT2D eigenvalue weighted by molar-refractivity contribution is 0.103. The highest BCUT2D eigenvalue weighted by Crippen LogP contribution is 2.33. The Morgan fingerprint density at radius 1 is 1.16 bits per heavy atom. The molecule has 1 saturated carbocycles. The third-order valence-corrected chi connectivity index (χ3v) is 6.60. The summed E-state index contributed by atoms with van der Waals surface area (Å²) in [5, 5.41) is 18.6. The van der Waals surface area contributed by atoms with E-state index in [0.717, 1.165) is 74.2 Å². The molecule has 5 rings (SSSR count). The second-order valence-corrected chi connectivity index (χ2v) is 8.91. The molecule has 0 amide bonds. The lowest BCUT2D eigenvalue weighted by Gasteiger charge is -2.26. The fraction of sp³-hybridized carbons (Fsp3) is 0.522. The van der Waals surface area contributed by atoms with Crippen LogP contribution in [-0.2, 0) is 19.5 Å². The van der Waals surface area contributed by atoms with E-state index in [2.05, 4.69) is 39.5 Å². The van der Waals surface area contributed by atoms with E-state index in [-0.39, 0.29) is 18.5 Å². The lowest BCUT2D eigenvalue weighted by atomic mass is 9.87. The number of halogens is 1. The first kappa shape index (κ1) is 22.8. The maximum absolute atomic E-state index is 9.77. The van der Waals surface area contributed by atoms with Gasteiger partial charge in [-0.3, -0.25) is 0 Å². The lowest BCUT2D eigenvalue weighted by Crippen LogP contribution is -2.26. The quantitative estimate of drug-likeness (QED) is 0.604. The van der Waals surface area contributed by atoms with Crippen LogP contribution in [0.3, 0.4) is 0 Å². The summed E-state index contributed by atoms with van der Waals surface area (Å²) in [5.41, 5.74) is 4.36. The van der Waals surface area contributed by atoms with E-state index in [1.165, 1.54) is 11.1 Å². The molecule has 0 spiro atoms. The molecule has 0 radical (unpaired) electrons. The van der Waals surface area contributed by atoms with Gasteiger partial charge in [0.2, 0.25) is 5.95 Å². The van der Waals surface area contributed by atoms with Crippen molar-refractivity contribution in [2.24, 2.45) is 5.92 Å². The van der Waals surface area contributed by atoms with E-state index in [9.17, 15) is 5.11 Å². The number of aromatic nitrogens is 4. The summed E-state index contributed by atoms with van der Waals surface area (Å²) >= 11 is 0. The number of ether oxygens (including phenoxy) is 1. The first-order valence-corrected chi connectivity index (χ1v) is 11.1. The van der Waals surface area contributed by atoms with Crippen molar-refractivity contribution in [3.8, 4) is 5.75 Å². The Labute approximate surface area is 194 Å². The van der Waals surface area contributed by atoms with Crippen molar-refractivity contribution in [3.05, 3.63) is 35.7 Å². The SMILES string of the molecule is COc1cc2c(cc1Nc1ncc3cnn(CC4CCC(O)CC4)c3n1)CN(C)CC2.Cl. The monoisotopic (exact) mass is 458 g/mol. The van der Waals surface area contributed by atoms with Crippen LogP contribution < -0.4 is 10.1 Å². The maximum Gasteiger partial charge on any atom is 0.229 e. The van der Waals surface area contributed by atoms with Crippen LogP contribution in [0.25, 0.3) is 11.0 Å². The molecule has 1 fully saturated rings. The smallest absolute Gasteiger partial charge is 0.229 e. The van der Waals surface area contributed by atoms with Gasteiger partial charge >= 0.3 is 0 Å². The van der Waals surface area contributed by atoms with E-state index in [1.807, 2.05) is 17.1 Å². The number of fused-ring (bicyclic) bond motifs is 2. The van der Waals surface area contributed by atoms with Gasteiger partial charge in [0.15, 0.2) is 5.65 Å². The second kappa shape index (κ2) is 9.60. The molecule has 0 saturated heterocycles. The molecule has 3 aromatic rings. The minimum atomic E-state index is -0.143. The van der Waals surface area contributed by atoms with Crippen molar-refractivity contribution in [1.82, 2.24) is 24.6 Å².